The smallest absolute Gasteiger partial charge is 0.168 e. The van der Waals surface area contributed by atoms with Gasteiger partial charge < -0.3 is 10.1 Å². The van der Waals surface area contributed by atoms with Crippen LogP contribution in [0.2, 0.25) is 0 Å². The molecule has 0 atom stereocenters. The van der Waals surface area contributed by atoms with Crippen molar-refractivity contribution in [3.05, 3.63) is 58.9 Å². The van der Waals surface area contributed by atoms with Crippen molar-refractivity contribution in [3.63, 3.8) is 0 Å². The number of hydrogen-bond acceptors (Lipinski definition) is 2. The molecule has 0 unspecified atom stereocenters. The first-order valence-electron chi connectivity index (χ1n) is 7.23. The van der Waals surface area contributed by atoms with Crippen LogP contribution in [-0.2, 0) is 6.54 Å². The fourth-order valence-electron chi connectivity index (χ4n) is 2.08. The van der Waals surface area contributed by atoms with Crippen molar-refractivity contribution in [3.8, 4) is 11.5 Å². The summed E-state index contributed by atoms with van der Waals surface area (Å²) < 4.78 is 19.9. The van der Waals surface area contributed by atoms with Gasteiger partial charge in [0.15, 0.2) is 11.6 Å². The normalized spacial score (nSPS) is 11.0. The van der Waals surface area contributed by atoms with E-state index >= 15 is 0 Å². The molecule has 0 radical (unpaired) electrons. The van der Waals surface area contributed by atoms with Crippen LogP contribution < -0.4 is 10.1 Å². The molecule has 0 heterocycles. The molecule has 2 rings (SSSR count). The summed E-state index contributed by atoms with van der Waals surface area (Å²) in [6.07, 6.45) is 0. The first-order chi connectivity index (χ1) is 9.97. The fraction of sp³-hybridized carbons (Fsp3) is 0.333. The lowest BCUT2D eigenvalue weighted by Crippen LogP contribution is -2.22. The second kappa shape index (κ2) is 6.72. The maximum atomic E-state index is 14.1. The van der Waals surface area contributed by atoms with Crippen molar-refractivity contribution in [2.45, 2.75) is 40.3 Å². The van der Waals surface area contributed by atoms with Crippen LogP contribution in [0, 0.1) is 19.7 Å². The fourth-order valence-corrected chi connectivity index (χ4v) is 2.08. The summed E-state index contributed by atoms with van der Waals surface area (Å²) in [5.41, 5.74) is 2.78. The maximum Gasteiger partial charge on any atom is 0.168 e. The number of nitrogens with one attached hydrogen (secondary N) is 1. The van der Waals surface area contributed by atoms with Crippen molar-refractivity contribution >= 4 is 0 Å². The maximum absolute atomic E-state index is 14.1. The van der Waals surface area contributed by atoms with E-state index in [2.05, 4.69) is 25.2 Å². The molecule has 0 saturated carbocycles. The van der Waals surface area contributed by atoms with E-state index in [0.29, 0.717) is 23.9 Å². The van der Waals surface area contributed by atoms with E-state index < -0.39 is 0 Å². The van der Waals surface area contributed by atoms with Crippen LogP contribution in [0.5, 0.6) is 11.5 Å². The molecule has 3 heteroatoms. The molecule has 0 bridgehead atoms. The Balaban J connectivity index is 2.28. The zero-order valence-electron chi connectivity index (χ0n) is 13.0. The van der Waals surface area contributed by atoms with Crippen LogP contribution in [0.1, 0.15) is 30.5 Å². The highest BCUT2D eigenvalue weighted by Gasteiger charge is 2.10. The molecule has 0 aliphatic carbocycles. The minimum atomic E-state index is -0.305. The van der Waals surface area contributed by atoms with Crippen LogP contribution >= 0.6 is 0 Å². The lowest BCUT2D eigenvalue weighted by molar-refractivity contribution is 0.432. The van der Waals surface area contributed by atoms with E-state index in [1.807, 2.05) is 19.1 Å². The monoisotopic (exact) mass is 287 g/mol. The molecule has 0 aliphatic rings. The van der Waals surface area contributed by atoms with Gasteiger partial charge in [-0.2, -0.15) is 0 Å². The molecule has 0 aliphatic heterocycles. The second-order valence-electron chi connectivity index (χ2n) is 5.64. The van der Waals surface area contributed by atoms with Gasteiger partial charge in [0.05, 0.1) is 0 Å². The largest absolute Gasteiger partial charge is 0.454 e. The molecule has 2 aromatic rings. The molecule has 21 heavy (non-hydrogen) atoms. The van der Waals surface area contributed by atoms with Gasteiger partial charge in [0.25, 0.3) is 0 Å². The molecule has 0 aromatic heterocycles. The van der Waals surface area contributed by atoms with Gasteiger partial charge in [-0.15, -0.1) is 0 Å². The Labute approximate surface area is 126 Å². The Hall–Kier alpha value is -1.87. The van der Waals surface area contributed by atoms with Crippen molar-refractivity contribution in [1.29, 1.82) is 0 Å². The molecular formula is C18H22FNO. The van der Waals surface area contributed by atoms with E-state index in [1.54, 1.807) is 25.1 Å². The summed E-state index contributed by atoms with van der Waals surface area (Å²) in [4.78, 5) is 0. The van der Waals surface area contributed by atoms with Gasteiger partial charge in [0, 0.05) is 18.2 Å². The third-order valence-electron chi connectivity index (χ3n) is 3.29. The number of benzene rings is 2. The molecular weight excluding hydrogens is 265 g/mol. The van der Waals surface area contributed by atoms with Gasteiger partial charge in [0.2, 0.25) is 0 Å². The van der Waals surface area contributed by atoms with Crippen LogP contribution in [0.3, 0.4) is 0 Å². The molecule has 0 saturated heterocycles. The average molecular weight is 287 g/mol. The Morgan fingerprint density at radius 2 is 1.86 bits per heavy atom. The highest BCUT2D eigenvalue weighted by atomic mass is 19.1. The summed E-state index contributed by atoms with van der Waals surface area (Å²) in [7, 11) is 0. The van der Waals surface area contributed by atoms with Gasteiger partial charge in [-0.1, -0.05) is 43.7 Å². The number of halogens is 1. The molecule has 112 valence electrons. The highest BCUT2D eigenvalue weighted by molar-refractivity contribution is 5.41. The lowest BCUT2D eigenvalue weighted by atomic mass is 10.1. The van der Waals surface area contributed by atoms with Crippen LogP contribution in [0.25, 0.3) is 0 Å². The highest BCUT2D eigenvalue weighted by Crippen LogP contribution is 2.29. The summed E-state index contributed by atoms with van der Waals surface area (Å²) in [6.45, 7) is 8.66. The van der Waals surface area contributed by atoms with E-state index in [0.717, 1.165) is 11.1 Å². The number of rotatable bonds is 5. The van der Waals surface area contributed by atoms with Crippen molar-refractivity contribution in [1.82, 2.24) is 5.32 Å². The second-order valence-corrected chi connectivity index (χ2v) is 5.64. The van der Waals surface area contributed by atoms with Gasteiger partial charge in [0.1, 0.15) is 5.75 Å². The Bertz CT molecular complexity index is 623. The SMILES string of the molecule is Cc1ccc(Oc2cccc(C)c2F)c(CNC(C)C)c1. The Morgan fingerprint density at radius 3 is 2.57 bits per heavy atom. The van der Waals surface area contributed by atoms with Crippen LogP contribution in [0.4, 0.5) is 4.39 Å². The first kappa shape index (κ1) is 15.5. The zero-order valence-corrected chi connectivity index (χ0v) is 13.0. The average Bonchev–Trinajstić information content (AvgIpc) is 2.43. The zero-order chi connectivity index (χ0) is 15.4. The Kier molecular flexibility index (Phi) is 4.97. The number of aryl methyl sites for hydroxylation is 2. The predicted molar refractivity (Wildman–Crippen MR) is 84.4 cm³/mol. The van der Waals surface area contributed by atoms with Crippen molar-refractivity contribution < 1.29 is 9.13 Å². The molecule has 0 spiro atoms. The van der Waals surface area contributed by atoms with Gasteiger partial charge >= 0.3 is 0 Å². The first-order valence-corrected chi connectivity index (χ1v) is 7.23. The van der Waals surface area contributed by atoms with E-state index in [-0.39, 0.29) is 11.6 Å². The van der Waals surface area contributed by atoms with Crippen LogP contribution in [-0.4, -0.2) is 6.04 Å². The molecule has 0 fully saturated rings. The number of ether oxygens (including phenoxy) is 1. The van der Waals surface area contributed by atoms with Gasteiger partial charge in [-0.25, -0.2) is 4.39 Å². The minimum Gasteiger partial charge on any atom is -0.454 e. The topological polar surface area (TPSA) is 21.3 Å². The lowest BCUT2D eigenvalue weighted by Gasteiger charge is -2.15. The van der Waals surface area contributed by atoms with E-state index in [4.69, 9.17) is 4.74 Å². The summed E-state index contributed by atoms with van der Waals surface area (Å²) in [5, 5.41) is 3.37. The summed E-state index contributed by atoms with van der Waals surface area (Å²) >= 11 is 0. The molecule has 1 N–H and O–H groups in total. The summed E-state index contributed by atoms with van der Waals surface area (Å²) in [5.74, 6) is 0.656. The Morgan fingerprint density at radius 1 is 1.10 bits per heavy atom. The minimum absolute atomic E-state index is 0.268. The van der Waals surface area contributed by atoms with E-state index in [9.17, 15) is 4.39 Å². The molecule has 0 amide bonds. The summed E-state index contributed by atoms with van der Waals surface area (Å²) in [6, 6.07) is 11.5. The van der Waals surface area contributed by atoms with Gasteiger partial charge in [-0.3, -0.25) is 0 Å². The predicted octanol–water partition coefficient (Wildman–Crippen LogP) is 4.73. The molecule has 2 aromatic carbocycles. The quantitative estimate of drug-likeness (QED) is 0.858. The molecule has 2 nitrogen and oxygen atoms in total. The van der Waals surface area contributed by atoms with Crippen LogP contribution in [0.15, 0.2) is 36.4 Å². The van der Waals surface area contributed by atoms with Gasteiger partial charge in [-0.05, 0) is 31.5 Å². The van der Waals surface area contributed by atoms with Crippen molar-refractivity contribution in [2.24, 2.45) is 0 Å². The number of hydrogen-bond donors (Lipinski definition) is 1. The standard InChI is InChI=1S/C18H22FNO/c1-12(2)20-11-15-10-13(3)8-9-16(15)21-17-7-5-6-14(4)18(17)19/h5-10,12,20H,11H2,1-4H3. The third kappa shape index (κ3) is 4.05. The van der Waals surface area contributed by atoms with Crippen molar-refractivity contribution in [2.75, 3.05) is 0 Å². The van der Waals surface area contributed by atoms with E-state index in [1.165, 1.54) is 0 Å². The third-order valence-corrected chi connectivity index (χ3v) is 3.29.